The van der Waals surface area contributed by atoms with Crippen molar-refractivity contribution in [1.82, 2.24) is 24.6 Å². The highest BCUT2D eigenvalue weighted by Gasteiger charge is 2.28. The van der Waals surface area contributed by atoms with E-state index in [0.29, 0.717) is 5.92 Å². The summed E-state index contributed by atoms with van der Waals surface area (Å²) in [6, 6.07) is 12.8. The predicted octanol–water partition coefficient (Wildman–Crippen LogP) is 4.66. The lowest BCUT2D eigenvalue weighted by Gasteiger charge is -2.31. The molecule has 1 aromatic carbocycles. The van der Waals surface area contributed by atoms with Gasteiger partial charge in [0.15, 0.2) is 5.16 Å². The molecule has 174 valence electrons. The minimum Gasteiger partial charge on any atom is -0.376 e. The number of pyridine rings is 1. The maximum Gasteiger partial charge on any atom is 0.191 e. The maximum atomic E-state index is 13.2. The Kier molecular flexibility index (Phi) is 7.34. The van der Waals surface area contributed by atoms with E-state index < -0.39 is 0 Å². The molecule has 1 atom stereocenters. The third-order valence-electron chi connectivity index (χ3n) is 6.50. The molecular formula is C25H30FN5OS. The summed E-state index contributed by atoms with van der Waals surface area (Å²) in [4.78, 5) is 6.95. The largest absolute Gasteiger partial charge is 0.376 e. The van der Waals surface area contributed by atoms with E-state index in [2.05, 4.69) is 30.7 Å². The lowest BCUT2D eigenvalue weighted by molar-refractivity contribution is 0.0931. The molecule has 2 aromatic heterocycles. The number of rotatable bonds is 8. The molecule has 8 heteroatoms. The van der Waals surface area contributed by atoms with Gasteiger partial charge in [-0.25, -0.2) is 4.39 Å². The van der Waals surface area contributed by atoms with E-state index >= 15 is 0 Å². The van der Waals surface area contributed by atoms with Gasteiger partial charge in [0, 0.05) is 31.0 Å². The van der Waals surface area contributed by atoms with E-state index in [4.69, 9.17) is 4.74 Å². The van der Waals surface area contributed by atoms with E-state index in [1.807, 2.05) is 30.5 Å². The van der Waals surface area contributed by atoms with Crippen LogP contribution in [0.5, 0.6) is 0 Å². The van der Waals surface area contributed by atoms with Crippen LogP contribution in [0.4, 0.5) is 4.39 Å². The molecule has 3 aromatic rings. The molecule has 0 radical (unpaired) electrons. The molecule has 6 nitrogen and oxygen atoms in total. The summed E-state index contributed by atoms with van der Waals surface area (Å²) in [5.41, 5.74) is 2.20. The molecule has 0 saturated carbocycles. The monoisotopic (exact) mass is 467 g/mol. The first-order valence-electron chi connectivity index (χ1n) is 11.8. The van der Waals surface area contributed by atoms with E-state index in [1.54, 1.807) is 11.8 Å². The molecule has 0 aliphatic carbocycles. The summed E-state index contributed by atoms with van der Waals surface area (Å²) < 4.78 is 21.5. The van der Waals surface area contributed by atoms with Crippen molar-refractivity contribution in [2.75, 3.05) is 19.7 Å². The van der Waals surface area contributed by atoms with Crippen LogP contribution in [0.15, 0.2) is 53.8 Å². The minimum absolute atomic E-state index is 0.207. The quantitative estimate of drug-likeness (QED) is 0.449. The highest BCUT2D eigenvalue weighted by molar-refractivity contribution is 7.98. The summed E-state index contributed by atoms with van der Waals surface area (Å²) in [6.07, 6.45) is 6.43. The summed E-state index contributed by atoms with van der Waals surface area (Å²) >= 11 is 1.67. The molecule has 0 N–H and O–H groups in total. The smallest absolute Gasteiger partial charge is 0.191 e. The van der Waals surface area contributed by atoms with E-state index in [9.17, 15) is 4.39 Å². The molecule has 1 unspecified atom stereocenters. The molecule has 33 heavy (non-hydrogen) atoms. The SMILES string of the molecule is Fc1ccc(CSc2nnc(C3CCN(Cc4ccccn4)CC3)n2CC2CCCO2)cc1. The van der Waals surface area contributed by atoms with Crippen molar-refractivity contribution >= 4 is 11.8 Å². The third kappa shape index (κ3) is 5.80. The molecule has 0 spiro atoms. The number of likely N-dealkylation sites (tertiary alicyclic amines) is 1. The van der Waals surface area contributed by atoms with Gasteiger partial charge in [-0.1, -0.05) is 30.0 Å². The van der Waals surface area contributed by atoms with Crippen LogP contribution in [0, 0.1) is 5.82 Å². The van der Waals surface area contributed by atoms with Crippen LogP contribution in [-0.4, -0.2) is 50.4 Å². The number of hydrogen-bond donors (Lipinski definition) is 0. The molecule has 0 amide bonds. The molecule has 2 aliphatic heterocycles. The molecular weight excluding hydrogens is 437 g/mol. The maximum absolute atomic E-state index is 13.2. The lowest BCUT2D eigenvalue weighted by Crippen LogP contribution is -2.33. The number of thioether (sulfide) groups is 1. The van der Waals surface area contributed by atoms with Gasteiger partial charge in [0.05, 0.1) is 18.3 Å². The second-order valence-electron chi connectivity index (χ2n) is 8.87. The van der Waals surface area contributed by atoms with Crippen molar-refractivity contribution < 1.29 is 9.13 Å². The Labute approximate surface area is 198 Å². The van der Waals surface area contributed by atoms with Gasteiger partial charge in [-0.2, -0.15) is 0 Å². The van der Waals surface area contributed by atoms with Gasteiger partial charge in [-0.15, -0.1) is 10.2 Å². The summed E-state index contributed by atoms with van der Waals surface area (Å²) in [5, 5.41) is 10.2. The number of piperidine rings is 1. The van der Waals surface area contributed by atoms with Crippen LogP contribution in [0.25, 0.3) is 0 Å². The lowest BCUT2D eigenvalue weighted by atomic mass is 9.95. The Bertz CT molecular complexity index is 1020. The van der Waals surface area contributed by atoms with Crippen molar-refractivity contribution in [1.29, 1.82) is 0 Å². The number of hydrogen-bond acceptors (Lipinski definition) is 6. The van der Waals surface area contributed by atoms with Gasteiger partial charge in [-0.05, 0) is 68.6 Å². The predicted molar refractivity (Wildman–Crippen MR) is 126 cm³/mol. The van der Waals surface area contributed by atoms with Gasteiger partial charge in [0.25, 0.3) is 0 Å². The summed E-state index contributed by atoms with van der Waals surface area (Å²) in [5.74, 6) is 2.03. The van der Waals surface area contributed by atoms with Crippen molar-refractivity contribution in [3.05, 3.63) is 71.6 Å². The minimum atomic E-state index is -0.207. The highest BCUT2D eigenvalue weighted by atomic mass is 32.2. The van der Waals surface area contributed by atoms with Crippen LogP contribution >= 0.6 is 11.8 Å². The second-order valence-corrected chi connectivity index (χ2v) is 9.82. The molecule has 0 bridgehead atoms. The Balaban J connectivity index is 1.26. The standard InChI is InChI=1S/C25H30FN5OS/c26-21-8-6-19(7-9-21)18-33-25-29-28-24(31(25)17-23-5-3-15-32-23)20-10-13-30(14-11-20)16-22-4-1-2-12-27-22/h1-2,4,6-9,12,20,23H,3,5,10-11,13-18H2. The van der Waals surface area contributed by atoms with Crippen molar-refractivity contribution in [2.24, 2.45) is 0 Å². The van der Waals surface area contributed by atoms with Crippen molar-refractivity contribution in [3.63, 3.8) is 0 Å². The zero-order valence-electron chi connectivity index (χ0n) is 18.8. The van der Waals surface area contributed by atoms with Crippen LogP contribution in [0.2, 0.25) is 0 Å². The number of halogens is 1. The first-order chi connectivity index (χ1) is 16.2. The molecule has 4 heterocycles. The summed E-state index contributed by atoms with van der Waals surface area (Å²) in [7, 11) is 0. The van der Waals surface area contributed by atoms with Gasteiger partial charge in [0.1, 0.15) is 11.6 Å². The number of benzene rings is 1. The van der Waals surface area contributed by atoms with Crippen LogP contribution in [-0.2, 0) is 23.6 Å². The van der Waals surface area contributed by atoms with Crippen LogP contribution in [0.1, 0.15) is 48.7 Å². The van der Waals surface area contributed by atoms with Gasteiger partial charge < -0.3 is 9.30 Å². The Hall–Kier alpha value is -2.29. The third-order valence-corrected chi connectivity index (χ3v) is 7.54. The zero-order chi connectivity index (χ0) is 22.5. The van der Waals surface area contributed by atoms with E-state index in [1.165, 1.54) is 12.1 Å². The van der Waals surface area contributed by atoms with Crippen LogP contribution < -0.4 is 0 Å². The second kappa shape index (κ2) is 10.8. The fourth-order valence-corrected chi connectivity index (χ4v) is 5.58. The molecule has 2 fully saturated rings. The van der Waals surface area contributed by atoms with Gasteiger partial charge in [0.2, 0.25) is 0 Å². The molecule has 2 aliphatic rings. The van der Waals surface area contributed by atoms with E-state index in [-0.39, 0.29) is 11.9 Å². The first-order valence-corrected chi connectivity index (χ1v) is 12.8. The number of ether oxygens (including phenoxy) is 1. The average molecular weight is 468 g/mol. The fraction of sp³-hybridized carbons (Fsp3) is 0.480. The van der Waals surface area contributed by atoms with Gasteiger partial charge >= 0.3 is 0 Å². The number of nitrogens with zero attached hydrogens (tertiary/aromatic N) is 5. The fourth-order valence-electron chi connectivity index (χ4n) is 4.67. The van der Waals surface area contributed by atoms with Gasteiger partial charge in [-0.3, -0.25) is 9.88 Å². The highest BCUT2D eigenvalue weighted by Crippen LogP contribution is 2.32. The number of aromatic nitrogens is 4. The average Bonchev–Trinajstić information content (AvgIpc) is 3.51. The van der Waals surface area contributed by atoms with E-state index in [0.717, 1.165) is 86.5 Å². The zero-order valence-corrected chi connectivity index (χ0v) is 19.6. The normalized spacial score (nSPS) is 19.8. The molecule has 2 saturated heterocycles. The molecule has 5 rings (SSSR count). The first kappa shape index (κ1) is 22.5. The van der Waals surface area contributed by atoms with Crippen LogP contribution in [0.3, 0.4) is 0 Å². The Morgan fingerprint density at radius 2 is 1.88 bits per heavy atom. The summed E-state index contributed by atoms with van der Waals surface area (Å²) in [6.45, 7) is 4.61. The Morgan fingerprint density at radius 1 is 1.03 bits per heavy atom. The Morgan fingerprint density at radius 3 is 2.61 bits per heavy atom. The van der Waals surface area contributed by atoms with Crippen molar-refractivity contribution in [3.8, 4) is 0 Å². The van der Waals surface area contributed by atoms with Crippen molar-refractivity contribution in [2.45, 2.75) is 61.7 Å². The topological polar surface area (TPSA) is 56.1 Å².